The first-order valence-corrected chi connectivity index (χ1v) is 18.6. The molecule has 0 bridgehead atoms. The van der Waals surface area contributed by atoms with Gasteiger partial charge in [0.1, 0.15) is 10.6 Å². The molecule has 46 heavy (non-hydrogen) atoms. The van der Waals surface area contributed by atoms with Crippen molar-refractivity contribution in [3.05, 3.63) is 82.9 Å². The van der Waals surface area contributed by atoms with E-state index in [0.29, 0.717) is 18.0 Å². The minimum Gasteiger partial charge on any atom is -0.494 e. The van der Waals surface area contributed by atoms with E-state index in [1.165, 1.54) is 102 Å². The predicted octanol–water partition coefficient (Wildman–Crippen LogP) is 10.1. The molecular formula is C38H49NO6S. The number of hydrogen-bond acceptors (Lipinski definition) is 6. The van der Waals surface area contributed by atoms with Gasteiger partial charge in [0.25, 0.3) is 10.1 Å². The Hall–Kier alpha value is -3.49. The Morgan fingerprint density at radius 2 is 1.11 bits per heavy atom. The van der Waals surface area contributed by atoms with Gasteiger partial charge in [0.05, 0.1) is 17.9 Å². The zero-order chi connectivity index (χ0) is 32.8. The highest BCUT2D eigenvalue weighted by Crippen LogP contribution is 2.37. The zero-order valence-electron chi connectivity index (χ0n) is 27.2. The van der Waals surface area contributed by atoms with Crippen LogP contribution >= 0.6 is 0 Å². The van der Waals surface area contributed by atoms with Crippen molar-refractivity contribution in [2.45, 2.75) is 115 Å². The molecule has 0 saturated carbocycles. The van der Waals surface area contributed by atoms with E-state index in [0.717, 1.165) is 18.9 Å². The number of nitrogens with one attached hydrogen (secondary N) is 1. The number of benzene rings is 3. The molecule has 0 heterocycles. The Balaban J connectivity index is 1.19. The van der Waals surface area contributed by atoms with E-state index in [9.17, 15) is 22.6 Å². The Labute approximate surface area is 274 Å². The molecular weight excluding hydrogens is 598 g/mol. The van der Waals surface area contributed by atoms with Crippen molar-refractivity contribution >= 4 is 33.1 Å². The highest BCUT2D eigenvalue weighted by molar-refractivity contribution is 7.86. The fourth-order valence-electron chi connectivity index (χ4n) is 6.13. The molecule has 0 atom stereocenters. The third-order valence-corrected chi connectivity index (χ3v) is 9.62. The summed E-state index contributed by atoms with van der Waals surface area (Å²) in [5.41, 5.74) is 0.798. The van der Waals surface area contributed by atoms with E-state index < -0.39 is 20.8 Å². The Bertz CT molecular complexity index is 1550. The number of hydrogen-bond donors (Lipinski definition) is 2. The van der Waals surface area contributed by atoms with Crippen LogP contribution in [0.2, 0.25) is 0 Å². The molecule has 0 fully saturated rings. The zero-order valence-corrected chi connectivity index (χ0v) is 28.0. The fraction of sp³-hybridized carbons (Fsp3) is 0.474. The number of rotatable bonds is 21. The molecule has 7 nitrogen and oxygen atoms in total. The molecule has 0 radical (unpaired) electrons. The van der Waals surface area contributed by atoms with Crippen LogP contribution in [-0.4, -0.2) is 31.1 Å². The smallest absolute Gasteiger partial charge is 0.296 e. The van der Waals surface area contributed by atoms with E-state index in [1.54, 1.807) is 42.5 Å². The average Bonchev–Trinajstić information content (AvgIpc) is 3.05. The lowest BCUT2D eigenvalue weighted by atomic mass is 9.83. The monoisotopic (exact) mass is 647 g/mol. The summed E-state index contributed by atoms with van der Waals surface area (Å²) in [6.45, 7) is 2.88. The lowest BCUT2D eigenvalue weighted by molar-refractivity contribution is 0.0979. The minimum atomic E-state index is -4.70. The van der Waals surface area contributed by atoms with Gasteiger partial charge in [0.15, 0.2) is 11.6 Å². The number of unbranched alkanes of at least 4 members (excludes halogenated alkanes) is 15. The minimum absolute atomic E-state index is 0.0809. The molecule has 0 saturated heterocycles. The molecule has 1 aliphatic rings. The molecule has 4 rings (SSSR count). The first kappa shape index (κ1) is 35.4. The molecule has 0 amide bonds. The fourth-order valence-corrected chi connectivity index (χ4v) is 6.78. The van der Waals surface area contributed by atoms with Gasteiger partial charge >= 0.3 is 0 Å². The normalized spacial score (nSPS) is 12.6. The highest BCUT2D eigenvalue weighted by atomic mass is 32.2. The second-order valence-electron chi connectivity index (χ2n) is 12.3. The van der Waals surface area contributed by atoms with Crippen LogP contribution in [0.5, 0.6) is 5.75 Å². The summed E-state index contributed by atoms with van der Waals surface area (Å²) in [6, 6.07) is 15.8. The molecule has 3 aromatic carbocycles. The maximum absolute atomic E-state index is 13.4. The van der Waals surface area contributed by atoms with Gasteiger partial charge in [-0.3, -0.25) is 14.1 Å². The lowest BCUT2D eigenvalue weighted by Crippen LogP contribution is -2.23. The van der Waals surface area contributed by atoms with Crippen molar-refractivity contribution < 1.29 is 27.3 Å². The number of anilines is 2. The molecule has 248 valence electrons. The van der Waals surface area contributed by atoms with Crippen molar-refractivity contribution in [3.8, 4) is 5.75 Å². The highest BCUT2D eigenvalue weighted by Gasteiger charge is 2.34. The first-order valence-electron chi connectivity index (χ1n) is 17.1. The van der Waals surface area contributed by atoms with Gasteiger partial charge in [-0.1, -0.05) is 128 Å². The summed E-state index contributed by atoms with van der Waals surface area (Å²) in [5.74, 6) is -0.193. The van der Waals surface area contributed by atoms with Gasteiger partial charge in [0.2, 0.25) is 0 Å². The van der Waals surface area contributed by atoms with Crippen LogP contribution in [0.25, 0.3) is 0 Å². The van der Waals surface area contributed by atoms with Gasteiger partial charge in [-0.15, -0.1) is 0 Å². The molecule has 3 aromatic rings. The van der Waals surface area contributed by atoms with Gasteiger partial charge < -0.3 is 10.1 Å². The maximum Gasteiger partial charge on any atom is 0.296 e. The molecule has 0 unspecified atom stereocenters. The van der Waals surface area contributed by atoms with E-state index in [1.807, 2.05) is 0 Å². The molecule has 8 heteroatoms. The van der Waals surface area contributed by atoms with Crippen LogP contribution < -0.4 is 10.1 Å². The summed E-state index contributed by atoms with van der Waals surface area (Å²) in [5, 5.41) is 2.97. The Morgan fingerprint density at radius 1 is 0.609 bits per heavy atom. The van der Waals surface area contributed by atoms with E-state index in [-0.39, 0.29) is 33.7 Å². The molecule has 0 aromatic heterocycles. The van der Waals surface area contributed by atoms with Gasteiger partial charge in [-0.2, -0.15) is 8.42 Å². The third kappa shape index (κ3) is 10.0. The van der Waals surface area contributed by atoms with E-state index >= 15 is 0 Å². The van der Waals surface area contributed by atoms with Crippen molar-refractivity contribution in [2.75, 3.05) is 11.9 Å². The van der Waals surface area contributed by atoms with Crippen LogP contribution in [0.1, 0.15) is 141 Å². The van der Waals surface area contributed by atoms with Crippen LogP contribution in [0, 0.1) is 0 Å². The molecule has 2 N–H and O–H groups in total. The molecule has 0 spiro atoms. The average molecular weight is 648 g/mol. The Morgan fingerprint density at radius 3 is 1.63 bits per heavy atom. The first-order chi connectivity index (χ1) is 22.3. The molecule has 0 aliphatic heterocycles. The van der Waals surface area contributed by atoms with Gasteiger partial charge in [-0.25, -0.2) is 0 Å². The van der Waals surface area contributed by atoms with Gasteiger partial charge in [-0.05, 0) is 42.8 Å². The summed E-state index contributed by atoms with van der Waals surface area (Å²) in [4.78, 5) is 26.1. The second-order valence-corrected chi connectivity index (χ2v) is 13.7. The number of carbonyl (C=O) groups excluding carboxylic acids is 2. The van der Waals surface area contributed by atoms with Crippen molar-refractivity contribution in [1.82, 2.24) is 0 Å². The topological polar surface area (TPSA) is 110 Å². The van der Waals surface area contributed by atoms with Crippen molar-refractivity contribution in [2.24, 2.45) is 0 Å². The molecule has 1 aliphatic carbocycles. The van der Waals surface area contributed by atoms with Crippen molar-refractivity contribution in [3.63, 3.8) is 0 Å². The van der Waals surface area contributed by atoms with Crippen molar-refractivity contribution in [1.29, 1.82) is 0 Å². The second kappa shape index (κ2) is 18.0. The third-order valence-electron chi connectivity index (χ3n) is 8.72. The standard InChI is InChI=1S/C38H49NO6S/c1-2-3-4-5-6-7-8-9-10-11-12-13-14-15-16-19-28-45-30-24-22-29(23-25-30)39-36-34(46(42,43)44)27-26-33-35(36)38(41)32-21-18-17-20-31(32)37(33)40/h17-18,20-27,39H,2-16,19,28H2,1H3,(H,42,43,44). The lowest BCUT2D eigenvalue weighted by Gasteiger charge is -2.22. The van der Waals surface area contributed by atoms with Gasteiger partial charge in [0, 0.05) is 22.4 Å². The number of carbonyl (C=O) groups is 2. The quantitative estimate of drug-likeness (QED) is 0.0684. The Kier molecular flexibility index (Phi) is 13.8. The number of ketones is 2. The maximum atomic E-state index is 13.4. The summed E-state index contributed by atoms with van der Waals surface area (Å²) in [7, 11) is -4.70. The number of fused-ring (bicyclic) bond motifs is 2. The summed E-state index contributed by atoms with van der Waals surface area (Å²) >= 11 is 0. The van der Waals surface area contributed by atoms with Crippen LogP contribution in [0.4, 0.5) is 11.4 Å². The summed E-state index contributed by atoms with van der Waals surface area (Å²) in [6.07, 6.45) is 21.1. The van der Waals surface area contributed by atoms with Crippen LogP contribution in [0.15, 0.2) is 65.6 Å². The summed E-state index contributed by atoms with van der Waals surface area (Å²) < 4.78 is 40.3. The van der Waals surface area contributed by atoms with Crippen LogP contribution in [-0.2, 0) is 10.1 Å². The van der Waals surface area contributed by atoms with E-state index in [2.05, 4.69) is 12.2 Å². The van der Waals surface area contributed by atoms with Crippen LogP contribution in [0.3, 0.4) is 0 Å². The number of ether oxygens (including phenoxy) is 1. The predicted molar refractivity (Wildman–Crippen MR) is 184 cm³/mol. The van der Waals surface area contributed by atoms with E-state index in [4.69, 9.17) is 4.74 Å². The SMILES string of the molecule is CCCCCCCCCCCCCCCCCCOc1ccc(Nc2c(S(=O)(=O)O)ccc3c2C(=O)c2ccccc2C3=O)cc1. The largest absolute Gasteiger partial charge is 0.494 e.